The lowest BCUT2D eigenvalue weighted by atomic mass is 10.1. The summed E-state index contributed by atoms with van der Waals surface area (Å²) < 4.78 is 6.24. The molecule has 0 atom stereocenters. The first kappa shape index (κ1) is 16.7. The Morgan fingerprint density at radius 3 is 2.79 bits per heavy atom. The molecule has 0 saturated carbocycles. The van der Waals surface area contributed by atoms with E-state index >= 15 is 0 Å². The van der Waals surface area contributed by atoms with Gasteiger partial charge >= 0.3 is 5.97 Å². The fourth-order valence-electron chi connectivity index (χ4n) is 3.01. The van der Waals surface area contributed by atoms with E-state index in [0.717, 1.165) is 42.4 Å². The number of halogens is 1. The van der Waals surface area contributed by atoms with Crippen LogP contribution < -0.4 is 4.90 Å². The SMILES string of the molecule is O=Cc1cc(Br)cc2c1N(CCCOC(=O)c1ccccc1)CC2. The summed E-state index contributed by atoms with van der Waals surface area (Å²) in [6, 6.07) is 12.9. The van der Waals surface area contributed by atoms with Gasteiger partial charge in [0.15, 0.2) is 6.29 Å². The van der Waals surface area contributed by atoms with E-state index in [4.69, 9.17) is 4.74 Å². The van der Waals surface area contributed by atoms with E-state index in [-0.39, 0.29) is 5.97 Å². The second-order valence-electron chi connectivity index (χ2n) is 5.71. The monoisotopic (exact) mass is 387 g/mol. The van der Waals surface area contributed by atoms with Gasteiger partial charge in [-0.2, -0.15) is 0 Å². The maximum Gasteiger partial charge on any atom is 0.338 e. The van der Waals surface area contributed by atoms with Crippen LogP contribution in [0.4, 0.5) is 5.69 Å². The summed E-state index contributed by atoms with van der Waals surface area (Å²) in [6.07, 6.45) is 2.56. The molecule has 0 aliphatic carbocycles. The molecule has 0 saturated heterocycles. The first-order valence-corrected chi connectivity index (χ1v) is 8.73. The fraction of sp³-hybridized carbons (Fsp3) is 0.263. The minimum Gasteiger partial charge on any atom is -0.462 e. The molecule has 0 radical (unpaired) electrons. The Kier molecular flexibility index (Phi) is 5.30. The smallest absolute Gasteiger partial charge is 0.338 e. The quantitative estimate of drug-likeness (QED) is 0.428. The van der Waals surface area contributed by atoms with Gasteiger partial charge in [0, 0.05) is 23.1 Å². The zero-order valence-electron chi connectivity index (χ0n) is 13.2. The van der Waals surface area contributed by atoms with E-state index in [2.05, 4.69) is 26.9 Å². The van der Waals surface area contributed by atoms with Crippen molar-refractivity contribution in [1.29, 1.82) is 0 Å². The van der Waals surface area contributed by atoms with Crippen molar-refractivity contribution in [2.24, 2.45) is 0 Å². The van der Waals surface area contributed by atoms with Crippen LogP contribution in [0.2, 0.25) is 0 Å². The highest BCUT2D eigenvalue weighted by Gasteiger charge is 2.22. The van der Waals surface area contributed by atoms with E-state index in [1.165, 1.54) is 5.56 Å². The minimum atomic E-state index is -0.296. The summed E-state index contributed by atoms with van der Waals surface area (Å²) in [6.45, 7) is 2.02. The normalized spacial score (nSPS) is 12.8. The highest BCUT2D eigenvalue weighted by molar-refractivity contribution is 9.10. The van der Waals surface area contributed by atoms with Gasteiger partial charge < -0.3 is 9.64 Å². The number of carbonyl (C=O) groups is 2. The third-order valence-corrected chi connectivity index (χ3v) is 4.55. The maximum absolute atomic E-state index is 11.9. The van der Waals surface area contributed by atoms with Gasteiger partial charge in [-0.3, -0.25) is 4.79 Å². The first-order valence-electron chi connectivity index (χ1n) is 7.94. The number of carbonyl (C=O) groups excluding carboxylic acids is 2. The van der Waals surface area contributed by atoms with Gasteiger partial charge in [0.1, 0.15) is 0 Å². The molecule has 0 amide bonds. The van der Waals surface area contributed by atoms with Crippen LogP contribution in [0.5, 0.6) is 0 Å². The molecule has 0 spiro atoms. The minimum absolute atomic E-state index is 0.296. The molecule has 2 aromatic carbocycles. The Hall–Kier alpha value is -2.14. The molecule has 3 rings (SSSR count). The Balaban J connectivity index is 1.54. The predicted molar refractivity (Wildman–Crippen MR) is 96.8 cm³/mol. The lowest BCUT2D eigenvalue weighted by molar-refractivity contribution is 0.0502. The average molecular weight is 388 g/mol. The van der Waals surface area contributed by atoms with Crippen LogP contribution in [0.1, 0.15) is 32.7 Å². The van der Waals surface area contributed by atoms with Crippen molar-refractivity contribution in [3.63, 3.8) is 0 Å². The molecule has 5 heteroatoms. The van der Waals surface area contributed by atoms with Crippen LogP contribution in [0, 0.1) is 0 Å². The number of benzene rings is 2. The van der Waals surface area contributed by atoms with E-state index in [0.29, 0.717) is 17.7 Å². The third kappa shape index (κ3) is 3.67. The number of ether oxygens (including phenoxy) is 1. The van der Waals surface area contributed by atoms with E-state index in [1.54, 1.807) is 12.1 Å². The Morgan fingerprint density at radius 1 is 1.25 bits per heavy atom. The summed E-state index contributed by atoms with van der Waals surface area (Å²) in [7, 11) is 0. The van der Waals surface area contributed by atoms with Crippen LogP contribution in [-0.2, 0) is 11.2 Å². The van der Waals surface area contributed by atoms with Crippen LogP contribution in [0.15, 0.2) is 46.9 Å². The lowest BCUT2D eigenvalue weighted by Crippen LogP contribution is -2.24. The Labute approximate surface area is 149 Å². The number of hydrogen-bond donors (Lipinski definition) is 0. The molecule has 0 N–H and O–H groups in total. The Bertz CT molecular complexity index is 746. The van der Waals surface area contributed by atoms with Crippen LogP contribution >= 0.6 is 15.9 Å². The average Bonchev–Trinajstić information content (AvgIpc) is 3.01. The molecular weight excluding hydrogens is 370 g/mol. The van der Waals surface area contributed by atoms with Crippen LogP contribution in [0.3, 0.4) is 0 Å². The van der Waals surface area contributed by atoms with E-state index in [9.17, 15) is 9.59 Å². The lowest BCUT2D eigenvalue weighted by Gasteiger charge is -2.21. The van der Waals surface area contributed by atoms with Crippen molar-refractivity contribution in [3.05, 3.63) is 63.6 Å². The van der Waals surface area contributed by atoms with Gasteiger partial charge in [0.25, 0.3) is 0 Å². The van der Waals surface area contributed by atoms with E-state index < -0.39 is 0 Å². The number of rotatable bonds is 6. The Morgan fingerprint density at radius 2 is 2.04 bits per heavy atom. The van der Waals surface area contributed by atoms with Gasteiger partial charge in [0.05, 0.1) is 17.9 Å². The molecule has 0 fully saturated rings. The predicted octanol–water partition coefficient (Wildman–Crippen LogP) is 3.87. The zero-order valence-corrected chi connectivity index (χ0v) is 14.8. The van der Waals surface area contributed by atoms with E-state index in [1.807, 2.05) is 24.3 Å². The summed E-state index contributed by atoms with van der Waals surface area (Å²) >= 11 is 3.44. The second-order valence-corrected chi connectivity index (χ2v) is 6.63. The highest BCUT2D eigenvalue weighted by Crippen LogP contribution is 2.33. The van der Waals surface area contributed by atoms with Crippen LogP contribution in [-0.4, -0.2) is 32.0 Å². The van der Waals surface area contributed by atoms with Gasteiger partial charge in [-0.05, 0) is 42.7 Å². The van der Waals surface area contributed by atoms with Crippen LogP contribution in [0.25, 0.3) is 0 Å². The third-order valence-electron chi connectivity index (χ3n) is 4.09. The topological polar surface area (TPSA) is 46.6 Å². The largest absolute Gasteiger partial charge is 0.462 e. The first-order chi connectivity index (χ1) is 11.7. The van der Waals surface area contributed by atoms with Gasteiger partial charge in [-0.15, -0.1) is 0 Å². The molecule has 1 heterocycles. The molecule has 124 valence electrons. The number of aldehydes is 1. The molecule has 0 aromatic heterocycles. The van der Waals surface area contributed by atoms with Crippen molar-refractivity contribution >= 4 is 33.9 Å². The molecule has 1 aliphatic heterocycles. The summed E-state index contributed by atoms with van der Waals surface area (Å²) in [5.74, 6) is -0.296. The number of nitrogens with zero attached hydrogens (tertiary/aromatic N) is 1. The summed E-state index contributed by atoms with van der Waals surface area (Å²) in [5.41, 5.74) is 3.48. The number of hydrogen-bond acceptors (Lipinski definition) is 4. The van der Waals surface area contributed by atoms with Gasteiger partial charge in [-0.25, -0.2) is 4.79 Å². The van der Waals surface area contributed by atoms with Crippen molar-refractivity contribution in [2.75, 3.05) is 24.6 Å². The van der Waals surface area contributed by atoms with Gasteiger partial charge in [0.2, 0.25) is 0 Å². The number of anilines is 1. The molecule has 1 aliphatic rings. The van der Waals surface area contributed by atoms with Crippen molar-refractivity contribution in [1.82, 2.24) is 0 Å². The zero-order chi connectivity index (χ0) is 16.9. The number of fused-ring (bicyclic) bond motifs is 1. The van der Waals surface area contributed by atoms with Crippen molar-refractivity contribution < 1.29 is 14.3 Å². The summed E-state index contributed by atoms with van der Waals surface area (Å²) in [4.78, 5) is 25.4. The van der Waals surface area contributed by atoms with Crippen molar-refractivity contribution in [2.45, 2.75) is 12.8 Å². The number of esters is 1. The molecule has 2 aromatic rings. The maximum atomic E-state index is 11.9. The summed E-state index contributed by atoms with van der Waals surface area (Å²) in [5, 5.41) is 0. The molecule has 0 bridgehead atoms. The molecule has 24 heavy (non-hydrogen) atoms. The molecule has 0 unspecified atom stereocenters. The van der Waals surface area contributed by atoms with Gasteiger partial charge in [-0.1, -0.05) is 34.1 Å². The molecular formula is C19H18BrNO3. The second kappa shape index (κ2) is 7.62. The molecule has 4 nitrogen and oxygen atoms in total. The van der Waals surface area contributed by atoms with Crippen molar-refractivity contribution in [3.8, 4) is 0 Å². The standard InChI is InChI=1S/C19H18BrNO3/c20-17-11-15-7-9-21(18(15)16(12-17)13-22)8-4-10-24-19(23)14-5-2-1-3-6-14/h1-3,5-6,11-13H,4,7-10H2. The fourth-order valence-corrected chi connectivity index (χ4v) is 3.54. The highest BCUT2D eigenvalue weighted by atomic mass is 79.9.